The minimum atomic E-state index is -0.834. The van der Waals surface area contributed by atoms with Gasteiger partial charge in [0.05, 0.1) is 0 Å². The van der Waals surface area contributed by atoms with Gasteiger partial charge in [-0.1, -0.05) is 6.08 Å². The van der Waals surface area contributed by atoms with E-state index in [1.807, 2.05) is 12.2 Å². The summed E-state index contributed by atoms with van der Waals surface area (Å²) in [7, 11) is 0. The predicted octanol–water partition coefficient (Wildman–Crippen LogP) is -1.65. The largest absolute Gasteiger partial charge is 0.412 e. The Balaban J connectivity index is 0.000000980. The number of rotatable bonds is 1. The molecule has 2 heterocycles. The van der Waals surface area contributed by atoms with Gasteiger partial charge in [0.1, 0.15) is 0 Å². The normalized spacial score (nSPS) is 24.1. The molecule has 0 aromatic carbocycles. The molecule has 0 bridgehead atoms. The van der Waals surface area contributed by atoms with E-state index in [4.69, 9.17) is 11.5 Å². The van der Waals surface area contributed by atoms with Gasteiger partial charge < -0.3 is 16.5 Å². The first-order valence-corrected chi connectivity index (χ1v) is 3.80. The molecule has 76 valence electrons. The number of anilines is 1. The smallest absolute Gasteiger partial charge is 0.239 e. The lowest BCUT2D eigenvalue weighted by molar-refractivity contribution is 0.464. The summed E-state index contributed by atoms with van der Waals surface area (Å²) in [5.74, 6) is 0.676. The quantitative estimate of drug-likeness (QED) is 0.426. The number of nitrogens with one attached hydrogen (secondary N) is 2. The van der Waals surface area contributed by atoms with Gasteiger partial charge in [0, 0.05) is 0 Å². The number of hydrogen-bond donors (Lipinski definition) is 4. The lowest BCUT2D eigenvalue weighted by atomic mass is 10.1. The zero-order valence-corrected chi connectivity index (χ0v) is 7.36. The van der Waals surface area contributed by atoms with Crippen molar-refractivity contribution >= 4 is 5.95 Å². The Morgan fingerprint density at radius 2 is 2.14 bits per heavy atom. The summed E-state index contributed by atoms with van der Waals surface area (Å²) in [4.78, 5) is 3.94. The number of H-pyrrole nitrogens is 1. The number of aromatic amines is 1. The maximum atomic E-state index is 5.96. The average molecular weight is 196 g/mol. The maximum absolute atomic E-state index is 5.96. The molecular weight excluding hydrogens is 184 g/mol. The summed E-state index contributed by atoms with van der Waals surface area (Å²) in [6.45, 7) is 0. The molecule has 0 fully saturated rings. The van der Waals surface area contributed by atoms with Gasteiger partial charge in [-0.2, -0.15) is 4.98 Å². The third-order valence-electron chi connectivity index (χ3n) is 1.78. The molecule has 2 rings (SSSR count). The van der Waals surface area contributed by atoms with Crippen LogP contribution in [0.2, 0.25) is 0 Å². The molecule has 1 aromatic rings. The number of dihydropyridines is 1. The number of aromatic nitrogens is 3. The summed E-state index contributed by atoms with van der Waals surface area (Å²) in [6.07, 6.45) is 7.17. The molecule has 0 aliphatic carbocycles. The van der Waals surface area contributed by atoms with Crippen molar-refractivity contribution in [2.45, 2.75) is 5.66 Å². The molecule has 7 heteroatoms. The van der Waals surface area contributed by atoms with Crippen molar-refractivity contribution in [2.24, 2.45) is 5.73 Å². The van der Waals surface area contributed by atoms with E-state index in [2.05, 4.69) is 20.5 Å². The van der Waals surface area contributed by atoms with E-state index in [9.17, 15) is 0 Å². The fourth-order valence-electron chi connectivity index (χ4n) is 1.10. The zero-order chi connectivity index (χ0) is 9.31. The van der Waals surface area contributed by atoms with Crippen molar-refractivity contribution in [3.05, 3.63) is 30.3 Å². The minimum Gasteiger partial charge on any atom is -0.412 e. The first kappa shape index (κ1) is 10.2. The molecule has 1 atom stereocenters. The van der Waals surface area contributed by atoms with Gasteiger partial charge in [-0.25, -0.2) is 0 Å². The van der Waals surface area contributed by atoms with Gasteiger partial charge in [-0.3, -0.25) is 10.8 Å². The number of nitrogens with zero attached hydrogens (tertiary/aromatic N) is 2. The summed E-state index contributed by atoms with van der Waals surface area (Å²) in [6, 6.07) is 0. The first-order chi connectivity index (χ1) is 6.21. The van der Waals surface area contributed by atoms with Crippen LogP contribution in [0, 0.1) is 0 Å². The van der Waals surface area contributed by atoms with Crippen LogP contribution in [-0.4, -0.2) is 20.7 Å². The molecule has 0 saturated heterocycles. The Kier molecular flexibility index (Phi) is 2.54. The Labute approximate surface area is 80.2 Å². The van der Waals surface area contributed by atoms with Gasteiger partial charge in [0.25, 0.3) is 0 Å². The Morgan fingerprint density at radius 3 is 2.64 bits per heavy atom. The van der Waals surface area contributed by atoms with Gasteiger partial charge in [-0.15, -0.1) is 5.10 Å². The fraction of sp³-hybridized carbons (Fsp3) is 0.143. The summed E-state index contributed by atoms with van der Waals surface area (Å²) < 4.78 is 0. The molecule has 1 aliphatic heterocycles. The summed E-state index contributed by atoms with van der Waals surface area (Å²) >= 11 is 0. The van der Waals surface area contributed by atoms with E-state index >= 15 is 0 Å². The number of allylic oxidation sites excluding steroid dienone is 2. The van der Waals surface area contributed by atoms with Crippen molar-refractivity contribution in [2.75, 3.05) is 5.73 Å². The molecule has 8 N–H and O–H groups in total. The molecule has 0 spiro atoms. The topological polar surface area (TPSA) is 137 Å². The van der Waals surface area contributed by atoms with Crippen LogP contribution in [0.1, 0.15) is 5.82 Å². The number of hydrogen-bond acceptors (Lipinski definition) is 5. The predicted molar refractivity (Wildman–Crippen MR) is 51.7 cm³/mol. The highest BCUT2D eigenvalue weighted by Gasteiger charge is 2.27. The van der Waals surface area contributed by atoms with Gasteiger partial charge in [0.15, 0.2) is 11.5 Å². The molecule has 14 heavy (non-hydrogen) atoms. The fourth-order valence-corrected chi connectivity index (χ4v) is 1.10. The van der Waals surface area contributed by atoms with E-state index in [0.717, 1.165) is 0 Å². The monoisotopic (exact) mass is 196 g/mol. The second kappa shape index (κ2) is 3.48. The SMILES string of the molecule is Nc1n[nH]c(C2(N)C=CC=CN2)n1.O. The van der Waals surface area contributed by atoms with Crippen LogP contribution >= 0.6 is 0 Å². The van der Waals surface area contributed by atoms with Crippen molar-refractivity contribution in [3.8, 4) is 0 Å². The Bertz CT molecular complexity index is 370. The van der Waals surface area contributed by atoms with E-state index in [1.165, 1.54) is 0 Å². The highest BCUT2D eigenvalue weighted by atomic mass is 16.0. The van der Waals surface area contributed by atoms with E-state index < -0.39 is 5.66 Å². The maximum Gasteiger partial charge on any atom is 0.239 e. The number of nitrogens with two attached hydrogens (primary N) is 2. The first-order valence-electron chi connectivity index (χ1n) is 3.80. The second-order valence-electron chi connectivity index (χ2n) is 2.77. The van der Waals surface area contributed by atoms with Crippen LogP contribution in [0.3, 0.4) is 0 Å². The van der Waals surface area contributed by atoms with Crippen LogP contribution in [0.5, 0.6) is 0 Å². The molecule has 1 aliphatic rings. The molecule has 0 saturated carbocycles. The van der Waals surface area contributed by atoms with Crippen molar-refractivity contribution in [3.63, 3.8) is 0 Å². The summed E-state index contributed by atoms with van der Waals surface area (Å²) in [5, 5.41) is 9.30. The average Bonchev–Trinajstić information content (AvgIpc) is 2.54. The van der Waals surface area contributed by atoms with Crippen LogP contribution < -0.4 is 16.8 Å². The number of nitrogen functional groups attached to an aromatic ring is 1. The van der Waals surface area contributed by atoms with E-state index in [0.29, 0.717) is 5.82 Å². The van der Waals surface area contributed by atoms with Crippen molar-refractivity contribution in [1.82, 2.24) is 20.5 Å². The van der Waals surface area contributed by atoms with Crippen LogP contribution in [-0.2, 0) is 5.66 Å². The lowest BCUT2D eigenvalue weighted by Gasteiger charge is -2.25. The van der Waals surface area contributed by atoms with Crippen molar-refractivity contribution < 1.29 is 5.48 Å². The minimum absolute atomic E-state index is 0. The third-order valence-corrected chi connectivity index (χ3v) is 1.78. The molecule has 0 amide bonds. The van der Waals surface area contributed by atoms with Crippen LogP contribution in [0.15, 0.2) is 24.4 Å². The molecule has 0 radical (unpaired) electrons. The molecule has 7 nitrogen and oxygen atoms in total. The highest BCUT2D eigenvalue weighted by molar-refractivity contribution is 5.26. The molecule has 1 unspecified atom stereocenters. The molecular formula is C7H12N6O. The second-order valence-corrected chi connectivity index (χ2v) is 2.77. The highest BCUT2D eigenvalue weighted by Crippen LogP contribution is 2.15. The van der Waals surface area contributed by atoms with Crippen LogP contribution in [0.25, 0.3) is 0 Å². The van der Waals surface area contributed by atoms with Gasteiger partial charge >= 0.3 is 0 Å². The molecule has 1 aromatic heterocycles. The van der Waals surface area contributed by atoms with Crippen molar-refractivity contribution in [1.29, 1.82) is 0 Å². The lowest BCUT2D eigenvalue weighted by Crippen LogP contribution is -2.48. The Morgan fingerprint density at radius 1 is 1.36 bits per heavy atom. The van der Waals surface area contributed by atoms with E-state index in [-0.39, 0.29) is 11.4 Å². The summed E-state index contributed by atoms with van der Waals surface area (Å²) in [5.41, 5.74) is 10.5. The van der Waals surface area contributed by atoms with Crippen LogP contribution in [0.4, 0.5) is 5.95 Å². The Hall–Kier alpha value is -1.86. The third kappa shape index (κ3) is 1.58. The van der Waals surface area contributed by atoms with E-state index in [1.54, 1.807) is 12.3 Å². The van der Waals surface area contributed by atoms with Gasteiger partial charge in [0.2, 0.25) is 5.95 Å². The van der Waals surface area contributed by atoms with Gasteiger partial charge in [-0.05, 0) is 18.4 Å². The standard InChI is InChI=1S/C7H10N6.H2O/c8-6-11-5(12-13-6)7(9)3-1-2-4-10-7;/h1-4,10H,9H2,(H3,8,11,12,13);1H2. The zero-order valence-electron chi connectivity index (χ0n) is 7.36.